The van der Waals surface area contributed by atoms with Crippen molar-refractivity contribution in [1.82, 2.24) is 0 Å². The predicted molar refractivity (Wildman–Crippen MR) is 72.3 cm³/mol. The molecule has 1 heterocycles. The molecule has 0 saturated carbocycles. The number of rotatable bonds is 6. The van der Waals surface area contributed by atoms with E-state index in [1.54, 1.807) is 19.1 Å². The Bertz CT molecular complexity index is 370. The Balaban J connectivity index is 1.90. The maximum absolute atomic E-state index is 5.87. The van der Waals surface area contributed by atoms with Crippen LogP contribution in [-0.4, -0.2) is 53.6 Å². The molecule has 0 bridgehead atoms. The Labute approximate surface area is 114 Å². The molecule has 19 heavy (non-hydrogen) atoms. The van der Waals surface area contributed by atoms with E-state index in [1.807, 2.05) is 18.2 Å². The van der Waals surface area contributed by atoms with Crippen LogP contribution in [0.3, 0.4) is 0 Å². The molecule has 1 aliphatic rings. The third-order valence-corrected chi connectivity index (χ3v) is 3.49. The van der Waals surface area contributed by atoms with Gasteiger partial charge in [-0.15, -0.1) is 0 Å². The zero-order valence-electron chi connectivity index (χ0n) is 11.8. The summed E-state index contributed by atoms with van der Waals surface area (Å²) in [7, 11) is 3.29. The van der Waals surface area contributed by atoms with Crippen LogP contribution in [0.5, 0.6) is 17.2 Å². The lowest BCUT2D eigenvalue weighted by molar-refractivity contribution is -0.946. The van der Waals surface area contributed by atoms with Crippen molar-refractivity contribution in [2.24, 2.45) is 0 Å². The number of methoxy groups -OCH3 is 2. The highest BCUT2D eigenvalue weighted by atomic mass is 16.5. The minimum absolute atomic E-state index is 0.687. The molecule has 0 radical (unpaired) electrons. The van der Waals surface area contributed by atoms with Crippen LogP contribution in [0.25, 0.3) is 0 Å². The molecule has 1 aromatic carbocycles. The fourth-order valence-corrected chi connectivity index (χ4v) is 2.39. The van der Waals surface area contributed by atoms with Crippen molar-refractivity contribution < 1.29 is 24.4 Å². The number of hydrogen-bond acceptors (Lipinski definition) is 3. The Morgan fingerprint density at radius 1 is 1.11 bits per heavy atom. The van der Waals surface area contributed by atoms with Crippen LogP contribution < -0.4 is 24.4 Å². The van der Waals surface area contributed by atoms with Gasteiger partial charge in [0.1, 0.15) is 39.3 Å². The van der Waals surface area contributed by atoms with E-state index >= 15 is 0 Å². The summed E-state index contributed by atoms with van der Waals surface area (Å²) in [5.41, 5.74) is 0. The van der Waals surface area contributed by atoms with Crippen molar-refractivity contribution in [3.8, 4) is 17.2 Å². The van der Waals surface area contributed by atoms with Gasteiger partial charge in [0, 0.05) is 0 Å². The van der Waals surface area contributed by atoms with Gasteiger partial charge in [-0.3, -0.25) is 0 Å². The summed E-state index contributed by atoms with van der Waals surface area (Å²) in [4.78, 5) is 1.61. The summed E-state index contributed by atoms with van der Waals surface area (Å²) < 4.78 is 16.5. The lowest BCUT2D eigenvalue weighted by atomic mass is 10.3. The van der Waals surface area contributed by atoms with Gasteiger partial charge in [-0.05, 0) is 12.1 Å². The SMILES string of the molecule is COc1cccc(OC)c1OCC[NH+]1CC[NH2+]CC1. The Kier molecular flexibility index (Phi) is 5.30. The molecule has 5 heteroatoms. The Hall–Kier alpha value is -1.46. The summed E-state index contributed by atoms with van der Waals surface area (Å²) in [6.45, 7) is 6.57. The summed E-state index contributed by atoms with van der Waals surface area (Å²) in [5, 5.41) is 2.37. The summed E-state index contributed by atoms with van der Waals surface area (Å²) >= 11 is 0. The van der Waals surface area contributed by atoms with E-state index in [0.29, 0.717) is 12.4 Å². The fourth-order valence-electron chi connectivity index (χ4n) is 2.39. The van der Waals surface area contributed by atoms with E-state index < -0.39 is 0 Å². The molecular weight excluding hydrogens is 244 g/mol. The number of para-hydroxylation sites is 1. The lowest BCUT2D eigenvalue weighted by Gasteiger charge is -2.22. The molecule has 0 aromatic heterocycles. The van der Waals surface area contributed by atoms with Crippen molar-refractivity contribution in [3.63, 3.8) is 0 Å². The molecule has 0 unspecified atom stereocenters. The van der Waals surface area contributed by atoms with Gasteiger partial charge in [-0.25, -0.2) is 0 Å². The van der Waals surface area contributed by atoms with Crippen LogP contribution in [0.2, 0.25) is 0 Å². The molecule has 0 amide bonds. The predicted octanol–water partition coefficient (Wildman–Crippen LogP) is -1.46. The molecule has 1 aliphatic heterocycles. The van der Waals surface area contributed by atoms with Crippen LogP contribution in [0.1, 0.15) is 0 Å². The van der Waals surface area contributed by atoms with E-state index in [1.165, 1.54) is 26.2 Å². The van der Waals surface area contributed by atoms with Crippen molar-refractivity contribution in [2.75, 3.05) is 53.6 Å². The molecule has 5 nitrogen and oxygen atoms in total. The second-order valence-corrected chi connectivity index (χ2v) is 4.71. The average molecular weight is 268 g/mol. The molecule has 3 N–H and O–H groups in total. The van der Waals surface area contributed by atoms with E-state index in [0.717, 1.165) is 18.0 Å². The van der Waals surface area contributed by atoms with Gasteiger partial charge in [-0.2, -0.15) is 0 Å². The highest BCUT2D eigenvalue weighted by molar-refractivity contribution is 5.51. The minimum Gasteiger partial charge on any atom is -0.493 e. The number of nitrogens with two attached hydrogens (primary N) is 1. The van der Waals surface area contributed by atoms with E-state index in [9.17, 15) is 0 Å². The smallest absolute Gasteiger partial charge is 0.203 e. The van der Waals surface area contributed by atoms with E-state index in [4.69, 9.17) is 14.2 Å². The molecule has 1 fully saturated rings. The normalized spacial score (nSPS) is 16.1. The highest BCUT2D eigenvalue weighted by Crippen LogP contribution is 2.36. The van der Waals surface area contributed by atoms with Gasteiger partial charge in [0.2, 0.25) is 5.75 Å². The fraction of sp³-hybridized carbons (Fsp3) is 0.571. The number of nitrogens with one attached hydrogen (secondary N) is 1. The first-order chi connectivity index (χ1) is 9.35. The number of benzene rings is 1. The quantitative estimate of drug-likeness (QED) is 0.663. The molecule has 1 aromatic rings. The summed E-state index contributed by atoms with van der Waals surface area (Å²) in [6, 6.07) is 5.68. The first-order valence-corrected chi connectivity index (χ1v) is 6.84. The molecule has 0 spiro atoms. The summed E-state index contributed by atoms with van der Waals surface area (Å²) in [5.74, 6) is 2.15. The van der Waals surface area contributed by atoms with Crippen LogP contribution in [-0.2, 0) is 0 Å². The summed E-state index contributed by atoms with van der Waals surface area (Å²) in [6.07, 6.45) is 0. The lowest BCUT2D eigenvalue weighted by Crippen LogP contribution is -3.20. The second kappa shape index (κ2) is 7.21. The zero-order chi connectivity index (χ0) is 13.5. The third kappa shape index (κ3) is 3.75. The van der Waals surface area contributed by atoms with Crippen molar-refractivity contribution in [3.05, 3.63) is 18.2 Å². The van der Waals surface area contributed by atoms with Gasteiger partial charge in [0.15, 0.2) is 11.5 Å². The molecule has 2 rings (SSSR count). The van der Waals surface area contributed by atoms with E-state index in [-0.39, 0.29) is 0 Å². The van der Waals surface area contributed by atoms with Crippen LogP contribution >= 0.6 is 0 Å². The van der Waals surface area contributed by atoms with Gasteiger partial charge in [0.25, 0.3) is 0 Å². The first-order valence-electron chi connectivity index (χ1n) is 6.84. The Morgan fingerprint density at radius 2 is 1.74 bits per heavy atom. The molecular formula is C14H24N2O3+2. The Morgan fingerprint density at radius 3 is 2.32 bits per heavy atom. The van der Waals surface area contributed by atoms with Crippen LogP contribution in [0.15, 0.2) is 18.2 Å². The van der Waals surface area contributed by atoms with E-state index in [2.05, 4.69) is 5.32 Å². The molecule has 0 atom stereocenters. The third-order valence-electron chi connectivity index (χ3n) is 3.49. The number of piperazine rings is 1. The highest BCUT2D eigenvalue weighted by Gasteiger charge is 2.16. The first kappa shape index (κ1) is 14.0. The molecule has 1 saturated heterocycles. The standard InChI is InChI=1S/C14H22N2O3/c1-17-12-4-3-5-13(18-2)14(12)19-11-10-16-8-6-15-7-9-16/h3-5,15H,6-11H2,1-2H3/p+2. The maximum atomic E-state index is 5.87. The van der Waals surface area contributed by atoms with Crippen molar-refractivity contribution in [1.29, 1.82) is 0 Å². The number of quaternary nitrogens is 2. The minimum atomic E-state index is 0.687. The van der Waals surface area contributed by atoms with Crippen LogP contribution in [0, 0.1) is 0 Å². The largest absolute Gasteiger partial charge is 0.493 e. The van der Waals surface area contributed by atoms with Gasteiger partial charge < -0.3 is 24.4 Å². The topological polar surface area (TPSA) is 48.7 Å². The molecule has 106 valence electrons. The molecule has 0 aliphatic carbocycles. The van der Waals surface area contributed by atoms with Crippen molar-refractivity contribution in [2.45, 2.75) is 0 Å². The van der Waals surface area contributed by atoms with Gasteiger partial charge in [0.05, 0.1) is 14.2 Å². The number of hydrogen-bond donors (Lipinski definition) is 2. The zero-order valence-corrected chi connectivity index (χ0v) is 11.8. The number of ether oxygens (including phenoxy) is 3. The average Bonchev–Trinajstić information content (AvgIpc) is 2.48. The monoisotopic (exact) mass is 268 g/mol. The van der Waals surface area contributed by atoms with Crippen LogP contribution in [0.4, 0.5) is 0 Å². The maximum Gasteiger partial charge on any atom is 0.203 e. The van der Waals surface area contributed by atoms with Crippen molar-refractivity contribution >= 4 is 0 Å². The van der Waals surface area contributed by atoms with Gasteiger partial charge in [-0.1, -0.05) is 6.07 Å². The second-order valence-electron chi connectivity index (χ2n) is 4.71. The van der Waals surface area contributed by atoms with Gasteiger partial charge >= 0.3 is 0 Å².